The lowest BCUT2D eigenvalue weighted by atomic mass is 9.69. The van der Waals surface area contributed by atoms with E-state index in [1.165, 1.54) is 24.3 Å². The van der Waals surface area contributed by atoms with E-state index in [0.717, 1.165) is 40.8 Å². The van der Waals surface area contributed by atoms with Crippen molar-refractivity contribution in [3.8, 4) is 16.9 Å². The molecule has 0 atom stereocenters. The van der Waals surface area contributed by atoms with Gasteiger partial charge in [-0.15, -0.1) is 0 Å². The van der Waals surface area contributed by atoms with Crippen molar-refractivity contribution in [2.75, 3.05) is 13.7 Å². The first-order valence-electron chi connectivity index (χ1n) is 13.6. The fourth-order valence-electron chi connectivity index (χ4n) is 5.07. The second-order valence-electron chi connectivity index (χ2n) is 11.3. The van der Waals surface area contributed by atoms with Crippen molar-refractivity contribution < 1.29 is 23.5 Å². The topological polar surface area (TPSA) is 52.6 Å². The predicted molar refractivity (Wildman–Crippen MR) is 155 cm³/mol. The van der Waals surface area contributed by atoms with Gasteiger partial charge in [0.2, 0.25) is 0 Å². The zero-order valence-electron chi connectivity index (χ0n) is 24.5. The highest BCUT2D eigenvalue weighted by atomic mass is 19.1. The first-order valence-corrected chi connectivity index (χ1v) is 13.6. The van der Waals surface area contributed by atoms with Gasteiger partial charge in [0.1, 0.15) is 18.2 Å². The molecule has 3 rings (SSSR count). The number of Topliss-reactive ketones (excluding diaryl/α,β-unsaturated/α-hetero) is 1. The lowest BCUT2D eigenvalue weighted by molar-refractivity contribution is -0.139. The Labute approximate surface area is 232 Å². The molecule has 39 heavy (non-hydrogen) atoms. The molecule has 0 amide bonds. The summed E-state index contributed by atoms with van der Waals surface area (Å²) in [6.07, 6.45) is 1.72. The normalized spacial score (nSPS) is 11.8. The molecule has 0 fully saturated rings. The number of esters is 1. The Hall–Kier alpha value is -3.47. The molecule has 3 aromatic carbocycles. The molecule has 0 N–H and O–H groups in total. The Morgan fingerprint density at radius 3 is 1.97 bits per heavy atom. The van der Waals surface area contributed by atoms with Crippen LogP contribution in [0.5, 0.6) is 5.75 Å². The smallest absolute Gasteiger partial charge is 0.310 e. The van der Waals surface area contributed by atoms with Crippen LogP contribution in [0.15, 0.2) is 54.6 Å². The first kappa shape index (κ1) is 30.1. The number of hydrogen-bond donors (Lipinski definition) is 0. The minimum absolute atomic E-state index is 0.0568. The second-order valence-corrected chi connectivity index (χ2v) is 11.3. The third-order valence-electron chi connectivity index (χ3n) is 7.84. The van der Waals surface area contributed by atoms with E-state index in [1.807, 2.05) is 46.8 Å². The van der Waals surface area contributed by atoms with Crippen molar-refractivity contribution in [2.45, 2.75) is 73.1 Å². The highest BCUT2D eigenvalue weighted by molar-refractivity contribution is 5.85. The molecule has 0 aliphatic rings. The van der Waals surface area contributed by atoms with Crippen LogP contribution in [0.3, 0.4) is 0 Å². The Balaban J connectivity index is 1.93. The number of benzene rings is 3. The summed E-state index contributed by atoms with van der Waals surface area (Å²) >= 11 is 0. The average Bonchev–Trinajstić information content (AvgIpc) is 2.89. The summed E-state index contributed by atoms with van der Waals surface area (Å²) in [5.41, 5.74) is 5.85. The van der Waals surface area contributed by atoms with E-state index < -0.39 is 17.2 Å². The fourth-order valence-corrected chi connectivity index (χ4v) is 5.07. The number of rotatable bonds is 10. The number of aryl methyl sites for hydroxylation is 2. The Kier molecular flexibility index (Phi) is 9.37. The maximum absolute atomic E-state index is 14.8. The van der Waals surface area contributed by atoms with Gasteiger partial charge in [-0.25, -0.2) is 4.39 Å². The SMILES string of the molecule is CCC(CC)(c1ccc(OCC(=O)C(C)(C)C)c(C)c1)c1ccc(-c2ccc(CC(=O)OC)c(F)c2)c(C)c1. The summed E-state index contributed by atoms with van der Waals surface area (Å²) < 4.78 is 25.3. The van der Waals surface area contributed by atoms with Gasteiger partial charge in [0, 0.05) is 10.8 Å². The van der Waals surface area contributed by atoms with E-state index in [-0.39, 0.29) is 24.2 Å². The molecule has 0 aliphatic heterocycles. The van der Waals surface area contributed by atoms with Gasteiger partial charge in [0.25, 0.3) is 0 Å². The van der Waals surface area contributed by atoms with Crippen LogP contribution in [0.2, 0.25) is 0 Å². The lowest BCUT2D eigenvalue weighted by Gasteiger charge is -2.34. The number of ether oxygens (including phenoxy) is 2. The quantitative estimate of drug-likeness (QED) is 0.249. The minimum atomic E-state index is -0.467. The number of ketones is 1. The van der Waals surface area contributed by atoms with Gasteiger partial charge < -0.3 is 9.47 Å². The summed E-state index contributed by atoms with van der Waals surface area (Å²) in [6, 6.07) is 17.6. The number of halogens is 1. The summed E-state index contributed by atoms with van der Waals surface area (Å²) in [5.74, 6) is -0.0941. The summed E-state index contributed by atoms with van der Waals surface area (Å²) in [4.78, 5) is 23.9. The fraction of sp³-hybridized carbons (Fsp3) is 0.412. The van der Waals surface area contributed by atoms with Crippen LogP contribution in [-0.4, -0.2) is 25.5 Å². The van der Waals surface area contributed by atoms with Crippen LogP contribution >= 0.6 is 0 Å². The van der Waals surface area contributed by atoms with Gasteiger partial charge in [0.15, 0.2) is 5.78 Å². The molecule has 0 saturated heterocycles. The van der Waals surface area contributed by atoms with E-state index in [0.29, 0.717) is 5.56 Å². The highest BCUT2D eigenvalue weighted by Crippen LogP contribution is 2.42. The van der Waals surface area contributed by atoms with Crippen LogP contribution in [-0.2, 0) is 26.2 Å². The third-order valence-corrected chi connectivity index (χ3v) is 7.84. The molecular formula is C34H41FO4. The van der Waals surface area contributed by atoms with Crippen LogP contribution in [0, 0.1) is 25.1 Å². The Bertz CT molecular complexity index is 1350. The molecule has 0 unspecified atom stereocenters. The molecule has 208 valence electrons. The standard InChI is InChI=1S/C34H41FO4/c1-9-34(10-2,27-14-16-30(23(4)18-27)39-21-31(36)33(5,6)7)26-13-15-28(22(3)17-26)24-11-12-25(29(35)19-24)20-32(37)38-8/h11-19H,9-10,20-21H2,1-8H3. The Morgan fingerprint density at radius 1 is 0.846 bits per heavy atom. The summed E-state index contributed by atoms with van der Waals surface area (Å²) in [5, 5.41) is 0. The first-order chi connectivity index (χ1) is 18.4. The molecule has 0 aliphatic carbocycles. The van der Waals surface area contributed by atoms with Crippen molar-refractivity contribution in [3.05, 3.63) is 88.2 Å². The van der Waals surface area contributed by atoms with E-state index in [1.54, 1.807) is 6.07 Å². The van der Waals surface area contributed by atoms with E-state index in [9.17, 15) is 14.0 Å². The zero-order valence-corrected chi connectivity index (χ0v) is 24.5. The molecular weight excluding hydrogens is 491 g/mol. The van der Waals surface area contributed by atoms with Gasteiger partial charge in [-0.3, -0.25) is 9.59 Å². The van der Waals surface area contributed by atoms with Crippen LogP contribution in [0.25, 0.3) is 11.1 Å². The molecule has 3 aromatic rings. The van der Waals surface area contributed by atoms with Crippen molar-refractivity contribution in [1.29, 1.82) is 0 Å². The largest absolute Gasteiger partial charge is 0.486 e. The molecule has 0 radical (unpaired) electrons. The second kappa shape index (κ2) is 12.1. The molecule has 0 spiro atoms. The number of carbonyl (C=O) groups is 2. The monoisotopic (exact) mass is 532 g/mol. The van der Waals surface area contributed by atoms with Gasteiger partial charge in [0.05, 0.1) is 13.5 Å². The van der Waals surface area contributed by atoms with Crippen LogP contribution in [0.4, 0.5) is 4.39 Å². The molecule has 0 saturated carbocycles. The highest BCUT2D eigenvalue weighted by Gasteiger charge is 2.32. The molecule has 0 bridgehead atoms. The van der Waals surface area contributed by atoms with Gasteiger partial charge in [-0.05, 0) is 77.8 Å². The van der Waals surface area contributed by atoms with Gasteiger partial charge in [-0.2, -0.15) is 0 Å². The molecule has 5 heteroatoms. The summed E-state index contributed by atoms with van der Waals surface area (Å²) in [6.45, 7) is 14.2. The average molecular weight is 533 g/mol. The van der Waals surface area contributed by atoms with E-state index >= 15 is 0 Å². The maximum Gasteiger partial charge on any atom is 0.310 e. The number of methoxy groups -OCH3 is 1. The molecule has 0 aromatic heterocycles. The lowest BCUT2D eigenvalue weighted by Crippen LogP contribution is -2.27. The summed E-state index contributed by atoms with van der Waals surface area (Å²) in [7, 11) is 1.30. The van der Waals surface area contributed by atoms with Crippen molar-refractivity contribution in [1.82, 2.24) is 0 Å². The van der Waals surface area contributed by atoms with Crippen LogP contribution < -0.4 is 4.74 Å². The van der Waals surface area contributed by atoms with Gasteiger partial charge in [-0.1, -0.05) is 77.1 Å². The van der Waals surface area contributed by atoms with Crippen molar-refractivity contribution >= 4 is 11.8 Å². The number of carbonyl (C=O) groups excluding carboxylic acids is 2. The molecule has 0 heterocycles. The van der Waals surface area contributed by atoms with E-state index in [4.69, 9.17) is 4.74 Å². The number of hydrogen-bond acceptors (Lipinski definition) is 4. The third kappa shape index (κ3) is 6.58. The van der Waals surface area contributed by atoms with Crippen molar-refractivity contribution in [2.24, 2.45) is 5.41 Å². The maximum atomic E-state index is 14.8. The van der Waals surface area contributed by atoms with E-state index in [2.05, 4.69) is 48.9 Å². The minimum Gasteiger partial charge on any atom is -0.486 e. The molecule has 4 nitrogen and oxygen atoms in total. The van der Waals surface area contributed by atoms with Crippen LogP contribution in [0.1, 0.15) is 75.3 Å². The zero-order chi connectivity index (χ0) is 29.0. The Morgan fingerprint density at radius 2 is 1.46 bits per heavy atom. The van der Waals surface area contributed by atoms with Gasteiger partial charge >= 0.3 is 5.97 Å². The predicted octanol–water partition coefficient (Wildman–Crippen LogP) is 7.93. The van der Waals surface area contributed by atoms with Crippen molar-refractivity contribution in [3.63, 3.8) is 0 Å².